The molecular formula is C23H37IN4O3. The maximum absolute atomic E-state index is 12.6. The maximum Gasteiger partial charge on any atom is 0.225 e. The summed E-state index contributed by atoms with van der Waals surface area (Å²) >= 11 is 0. The van der Waals surface area contributed by atoms with Crippen molar-refractivity contribution in [2.75, 3.05) is 32.8 Å². The zero-order valence-electron chi connectivity index (χ0n) is 18.7. The zero-order chi connectivity index (χ0) is 21.3. The standard InChI is InChI=1S/C23H36N4O3.HI/c1-3-24-23(25-14-20(28)16-30-21-10-6-7-17(2)13-21)26-19-11-12-27(15-19)22(29)18-8-4-5-9-18;/h6-7,10,13,18-20,28H,3-5,8-9,11-12,14-16H2,1-2H3,(H2,24,25,26);1H. The second-order valence-electron chi connectivity index (χ2n) is 8.40. The Bertz CT molecular complexity index is 725. The summed E-state index contributed by atoms with van der Waals surface area (Å²) in [4.78, 5) is 19.2. The Morgan fingerprint density at radius 3 is 2.81 bits per heavy atom. The predicted octanol–water partition coefficient (Wildman–Crippen LogP) is 2.70. The lowest BCUT2D eigenvalue weighted by Crippen LogP contribution is -2.45. The van der Waals surface area contributed by atoms with Crippen LogP contribution in [0.25, 0.3) is 0 Å². The normalized spacial score (nSPS) is 20.3. The highest BCUT2D eigenvalue weighted by molar-refractivity contribution is 14.0. The average Bonchev–Trinajstić information content (AvgIpc) is 3.42. The Labute approximate surface area is 203 Å². The van der Waals surface area contributed by atoms with Gasteiger partial charge in [-0.25, -0.2) is 0 Å². The molecule has 0 radical (unpaired) electrons. The number of nitrogens with zero attached hydrogens (tertiary/aromatic N) is 2. The van der Waals surface area contributed by atoms with E-state index in [1.807, 2.05) is 43.0 Å². The topological polar surface area (TPSA) is 86.2 Å². The molecule has 31 heavy (non-hydrogen) atoms. The lowest BCUT2D eigenvalue weighted by molar-refractivity contribution is -0.134. The van der Waals surface area contributed by atoms with E-state index in [0.29, 0.717) is 11.9 Å². The molecule has 2 atom stereocenters. The number of ether oxygens (including phenoxy) is 1. The summed E-state index contributed by atoms with van der Waals surface area (Å²) in [6.07, 6.45) is 4.67. The van der Waals surface area contributed by atoms with Crippen LogP contribution in [-0.4, -0.2) is 66.8 Å². The van der Waals surface area contributed by atoms with Gasteiger partial charge in [-0.3, -0.25) is 9.79 Å². The second kappa shape index (κ2) is 13.1. The van der Waals surface area contributed by atoms with Gasteiger partial charge in [0.25, 0.3) is 0 Å². The van der Waals surface area contributed by atoms with Gasteiger partial charge in [0.15, 0.2) is 5.96 Å². The summed E-state index contributed by atoms with van der Waals surface area (Å²) in [5.74, 6) is 1.98. The van der Waals surface area contributed by atoms with E-state index >= 15 is 0 Å². The van der Waals surface area contributed by atoms with Crippen molar-refractivity contribution in [3.05, 3.63) is 29.8 Å². The number of benzene rings is 1. The average molecular weight is 544 g/mol. The molecule has 7 nitrogen and oxygen atoms in total. The fraction of sp³-hybridized carbons (Fsp3) is 0.652. The molecule has 0 bridgehead atoms. The van der Waals surface area contributed by atoms with Crippen LogP contribution < -0.4 is 15.4 Å². The Hall–Kier alpha value is -1.55. The minimum atomic E-state index is -0.690. The Balaban J connectivity index is 0.00000341. The quantitative estimate of drug-likeness (QED) is 0.266. The summed E-state index contributed by atoms with van der Waals surface area (Å²) in [7, 11) is 0. The molecule has 1 amide bonds. The molecule has 2 fully saturated rings. The number of aryl methyl sites for hydroxylation is 1. The van der Waals surface area contributed by atoms with Crippen molar-refractivity contribution in [1.82, 2.24) is 15.5 Å². The molecule has 2 aliphatic rings. The number of carbonyl (C=O) groups excluding carboxylic acids is 1. The molecule has 174 valence electrons. The summed E-state index contributed by atoms with van der Waals surface area (Å²) in [6.45, 7) is 6.72. The Morgan fingerprint density at radius 2 is 2.10 bits per heavy atom. The van der Waals surface area contributed by atoms with E-state index in [0.717, 1.165) is 50.2 Å². The van der Waals surface area contributed by atoms with E-state index in [2.05, 4.69) is 15.6 Å². The van der Waals surface area contributed by atoms with Crippen LogP contribution in [0.5, 0.6) is 5.75 Å². The second-order valence-corrected chi connectivity index (χ2v) is 8.40. The third-order valence-electron chi connectivity index (χ3n) is 5.78. The number of aliphatic hydroxyl groups excluding tert-OH is 1. The molecular weight excluding hydrogens is 507 g/mol. The Kier molecular flexibility index (Phi) is 10.9. The van der Waals surface area contributed by atoms with E-state index in [-0.39, 0.29) is 49.1 Å². The van der Waals surface area contributed by atoms with Crippen molar-refractivity contribution in [2.24, 2.45) is 10.9 Å². The predicted molar refractivity (Wildman–Crippen MR) is 134 cm³/mol. The van der Waals surface area contributed by atoms with Crippen molar-refractivity contribution < 1.29 is 14.6 Å². The van der Waals surface area contributed by atoms with Crippen molar-refractivity contribution in [1.29, 1.82) is 0 Å². The Morgan fingerprint density at radius 1 is 1.32 bits per heavy atom. The summed E-state index contributed by atoms with van der Waals surface area (Å²) in [5.41, 5.74) is 1.12. The SMILES string of the molecule is CCNC(=NCC(O)COc1cccc(C)c1)NC1CCN(C(=O)C2CCCC2)C1.I. The number of nitrogens with one attached hydrogen (secondary N) is 2. The molecule has 8 heteroatoms. The smallest absolute Gasteiger partial charge is 0.225 e. The minimum Gasteiger partial charge on any atom is -0.491 e. The first-order chi connectivity index (χ1) is 14.5. The number of guanidine groups is 1. The van der Waals surface area contributed by atoms with E-state index in [4.69, 9.17) is 4.74 Å². The number of aliphatic imine (C=N–C) groups is 1. The number of likely N-dealkylation sites (tertiary alicyclic amines) is 1. The highest BCUT2D eigenvalue weighted by Crippen LogP contribution is 2.27. The number of aliphatic hydroxyl groups is 1. The van der Waals surface area contributed by atoms with Gasteiger partial charge >= 0.3 is 0 Å². The third kappa shape index (κ3) is 8.14. The lowest BCUT2D eigenvalue weighted by Gasteiger charge is -2.21. The van der Waals surface area contributed by atoms with Gasteiger partial charge in [0.05, 0.1) is 6.54 Å². The summed E-state index contributed by atoms with van der Waals surface area (Å²) in [6, 6.07) is 7.96. The highest BCUT2D eigenvalue weighted by atomic mass is 127. The number of hydrogen-bond donors (Lipinski definition) is 3. The molecule has 2 unspecified atom stereocenters. The highest BCUT2D eigenvalue weighted by Gasteiger charge is 2.32. The molecule has 0 spiro atoms. The van der Waals surface area contributed by atoms with Crippen LogP contribution in [-0.2, 0) is 4.79 Å². The van der Waals surface area contributed by atoms with Gasteiger partial charge < -0.3 is 25.4 Å². The van der Waals surface area contributed by atoms with E-state index in [9.17, 15) is 9.90 Å². The number of rotatable bonds is 8. The van der Waals surface area contributed by atoms with E-state index in [1.54, 1.807) is 0 Å². The number of amides is 1. The van der Waals surface area contributed by atoms with Crippen molar-refractivity contribution in [3.8, 4) is 5.75 Å². The number of hydrogen-bond acceptors (Lipinski definition) is 4. The van der Waals surface area contributed by atoms with Gasteiger partial charge in [0.2, 0.25) is 5.91 Å². The number of carbonyl (C=O) groups is 1. The first-order valence-corrected chi connectivity index (χ1v) is 11.3. The summed E-state index contributed by atoms with van der Waals surface area (Å²) in [5, 5.41) is 16.9. The van der Waals surface area contributed by atoms with Gasteiger partial charge in [0, 0.05) is 31.6 Å². The monoisotopic (exact) mass is 544 g/mol. The molecule has 1 aliphatic heterocycles. The molecule has 1 aromatic rings. The van der Waals surface area contributed by atoms with Crippen LogP contribution >= 0.6 is 24.0 Å². The molecule has 0 aromatic heterocycles. The molecule has 3 N–H and O–H groups in total. The fourth-order valence-corrected chi connectivity index (χ4v) is 4.17. The van der Waals surface area contributed by atoms with Gasteiger partial charge in [-0.2, -0.15) is 0 Å². The van der Waals surface area contributed by atoms with E-state index in [1.165, 1.54) is 12.8 Å². The molecule has 3 rings (SSSR count). The molecule has 1 heterocycles. The molecule has 1 saturated heterocycles. The molecule has 1 aliphatic carbocycles. The van der Waals surface area contributed by atoms with Gasteiger partial charge in [-0.15, -0.1) is 24.0 Å². The molecule has 1 saturated carbocycles. The minimum absolute atomic E-state index is 0. The van der Waals surface area contributed by atoms with Crippen LogP contribution in [0.15, 0.2) is 29.3 Å². The van der Waals surface area contributed by atoms with Gasteiger partial charge in [-0.05, 0) is 50.8 Å². The first kappa shape index (κ1) is 25.7. The van der Waals surface area contributed by atoms with Gasteiger partial charge in [-0.1, -0.05) is 25.0 Å². The largest absolute Gasteiger partial charge is 0.491 e. The maximum atomic E-state index is 12.6. The summed E-state index contributed by atoms with van der Waals surface area (Å²) < 4.78 is 5.66. The zero-order valence-corrected chi connectivity index (χ0v) is 21.0. The van der Waals surface area contributed by atoms with Crippen molar-refractivity contribution >= 4 is 35.8 Å². The lowest BCUT2D eigenvalue weighted by atomic mass is 10.1. The van der Waals surface area contributed by atoms with E-state index < -0.39 is 6.10 Å². The molecule has 1 aromatic carbocycles. The van der Waals surface area contributed by atoms with Crippen LogP contribution in [0.3, 0.4) is 0 Å². The van der Waals surface area contributed by atoms with Gasteiger partial charge in [0.1, 0.15) is 18.5 Å². The van der Waals surface area contributed by atoms with Crippen molar-refractivity contribution in [2.45, 2.75) is 58.1 Å². The number of halogens is 1. The first-order valence-electron chi connectivity index (χ1n) is 11.3. The fourth-order valence-electron chi connectivity index (χ4n) is 4.17. The van der Waals surface area contributed by atoms with Crippen LogP contribution in [0.4, 0.5) is 0 Å². The van der Waals surface area contributed by atoms with Crippen LogP contribution in [0.1, 0.15) is 44.6 Å². The van der Waals surface area contributed by atoms with Crippen LogP contribution in [0, 0.1) is 12.8 Å². The third-order valence-corrected chi connectivity index (χ3v) is 5.78. The van der Waals surface area contributed by atoms with Crippen LogP contribution in [0.2, 0.25) is 0 Å². The van der Waals surface area contributed by atoms with Crippen molar-refractivity contribution in [3.63, 3.8) is 0 Å².